The molecule has 0 radical (unpaired) electrons. The van der Waals surface area contributed by atoms with Gasteiger partial charge in [-0.3, -0.25) is 0 Å². The van der Waals surface area contributed by atoms with Crippen molar-refractivity contribution in [2.75, 3.05) is 33.2 Å². The standard InChI is InChI=1S/C26H40BFN4OS.C6H4ClF/c1-7-13-31(27-33)17-21-15-24-22(23(29-6)12-10-11-20(5)28)16-30-26(32(24)18-21)25(19(4)9-3)34-14-8-2;7-5-2-1-3-6(8)4-5/h7-8,10,12,14,19-21,25H,1,9,11,13,15-18H2,2-6H3;1-4H/b12-10-,14-8-,29-23?;. The predicted molar refractivity (Wildman–Crippen MR) is 177 cm³/mol. The molecule has 2 heterocycles. The Morgan fingerprint density at radius 1 is 1.40 bits per heavy atom. The molecule has 10 heteroatoms. The number of hydrogen-bond acceptors (Lipinski definition) is 5. The maximum absolute atomic E-state index is 13.4. The van der Waals surface area contributed by atoms with Crippen molar-refractivity contribution in [1.29, 1.82) is 0 Å². The Labute approximate surface area is 260 Å². The molecule has 0 bridgehead atoms. The number of benzene rings is 1. The first kappa shape index (κ1) is 35.7. The summed E-state index contributed by atoms with van der Waals surface area (Å²) in [5.41, 5.74) is 3.22. The van der Waals surface area contributed by atoms with Crippen molar-refractivity contribution in [2.45, 2.75) is 58.4 Å². The molecule has 1 aromatic rings. The third-order valence-corrected chi connectivity index (χ3v) is 8.76. The molecule has 3 rings (SSSR count). The molecule has 4 unspecified atom stereocenters. The third-order valence-electron chi connectivity index (χ3n) is 7.13. The zero-order valence-electron chi connectivity index (χ0n) is 25.5. The molecule has 0 amide bonds. The number of nitrogens with zero attached hydrogens (tertiary/aromatic N) is 4. The van der Waals surface area contributed by atoms with Crippen LogP contribution in [0.15, 0.2) is 81.8 Å². The molecule has 4 atom stereocenters. The minimum absolute atomic E-state index is 0.261. The van der Waals surface area contributed by atoms with Crippen LogP contribution in [0.1, 0.15) is 47.0 Å². The summed E-state index contributed by atoms with van der Waals surface area (Å²) in [5.74, 6) is 1.60. The molecule has 1 fully saturated rings. The summed E-state index contributed by atoms with van der Waals surface area (Å²) in [6, 6.07) is 5.82. The van der Waals surface area contributed by atoms with E-state index in [0.29, 0.717) is 42.9 Å². The second kappa shape index (κ2) is 18.9. The first-order valence-electron chi connectivity index (χ1n) is 14.5. The van der Waals surface area contributed by atoms with E-state index >= 15 is 0 Å². The summed E-state index contributed by atoms with van der Waals surface area (Å²) >= 11 is 7.23. The van der Waals surface area contributed by atoms with E-state index in [9.17, 15) is 13.5 Å². The van der Waals surface area contributed by atoms with Crippen LogP contribution in [0.25, 0.3) is 0 Å². The summed E-state index contributed by atoms with van der Waals surface area (Å²) in [4.78, 5) is 13.8. The van der Waals surface area contributed by atoms with E-state index in [-0.39, 0.29) is 11.1 Å². The van der Waals surface area contributed by atoms with Gasteiger partial charge in [0.15, 0.2) is 0 Å². The molecule has 42 heavy (non-hydrogen) atoms. The smallest absolute Gasteiger partial charge is 0.124 e. The Hall–Kier alpha value is -2.52. The number of thioether (sulfide) groups is 1. The van der Waals surface area contributed by atoms with Gasteiger partial charge in [-0.15, -0.1) is 0 Å². The Morgan fingerprint density at radius 2 is 2.17 bits per heavy atom. The zero-order valence-corrected chi connectivity index (χ0v) is 27.1. The van der Waals surface area contributed by atoms with Crippen LogP contribution in [-0.2, 0) is 4.70 Å². The number of amidine groups is 1. The van der Waals surface area contributed by atoms with Gasteiger partial charge in [-0.25, -0.2) is 4.39 Å². The maximum atomic E-state index is 13.4. The van der Waals surface area contributed by atoms with Gasteiger partial charge in [0.25, 0.3) is 0 Å². The predicted octanol–water partition coefficient (Wildman–Crippen LogP) is 7.96. The van der Waals surface area contributed by atoms with Gasteiger partial charge in [0, 0.05) is 5.02 Å². The van der Waals surface area contributed by atoms with Crippen LogP contribution in [0, 0.1) is 17.7 Å². The second-order valence-corrected chi connectivity index (χ2v) is 12.0. The van der Waals surface area contributed by atoms with E-state index in [1.807, 2.05) is 30.8 Å². The monoisotopic (exact) mass is 616 g/mol. The quantitative estimate of drug-likeness (QED) is 0.121. The number of rotatable bonds is 14. The van der Waals surface area contributed by atoms with E-state index in [0.717, 1.165) is 43.8 Å². The largest absolute Gasteiger partial charge is 0.207 e. The van der Waals surface area contributed by atoms with Crippen molar-refractivity contribution < 1.29 is 13.5 Å². The Morgan fingerprint density at radius 3 is 2.71 bits per heavy atom. The molecule has 0 N–H and O–H groups in total. The summed E-state index contributed by atoms with van der Waals surface area (Å²) in [6.07, 6.45) is 9.06. The van der Waals surface area contributed by atoms with Crippen molar-refractivity contribution in [1.82, 2.24) is 9.71 Å². The summed E-state index contributed by atoms with van der Waals surface area (Å²) in [5, 5.41) is 2.85. The minimum atomic E-state index is -0.880. The van der Waals surface area contributed by atoms with E-state index in [1.54, 1.807) is 37.0 Å². The number of hydrogen-bond donors (Lipinski definition) is 0. The molecule has 228 valence electrons. The van der Waals surface area contributed by atoms with Crippen LogP contribution in [0.4, 0.5) is 8.78 Å². The first-order chi connectivity index (χ1) is 20.2. The van der Waals surface area contributed by atoms with Crippen molar-refractivity contribution in [3.63, 3.8) is 0 Å². The molecular formula is C32H44BClF2N4OS. The molecule has 0 aromatic heterocycles. The molecule has 1 saturated heterocycles. The fourth-order valence-electron chi connectivity index (χ4n) is 4.89. The molecule has 0 aliphatic carbocycles. The van der Waals surface area contributed by atoms with Gasteiger partial charge in [-0.1, -0.05) is 17.7 Å². The molecule has 2 aliphatic rings. The van der Waals surface area contributed by atoms with Gasteiger partial charge in [0.05, 0.1) is 0 Å². The van der Waals surface area contributed by atoms with Crippen LogP contribution in [0.3, 0.4) is 0 Å². The Kier molecular flexibility index (Phi) is 16.1. The molecule has 5 nitrogen and oxygen atoms in total. The molecule has 0 spiro atoms. The van der Waals surface area contributed by atoms with E-state index < -0.39 is 6.17 Å². The van der Waals surface area contributed by atoms with E-state index in [1.165, 1.54) is 17.8 Å². The topological polar surface area (TPSA) is 48.3 Å². The SMILES string of the molecule is C=CCN(B=O)CC1CC2=C(C(/C=C\CC(C)F)=NC)CN=C(C(S/C=C\C)C(C)CC)N2C1.Fc1cccc(Cl)c1. The second-order valence-electron chi connectivity index (χ2n) is 10.5. The van der Waals surface area contributed by atoms with Gasteiger partial charge >= 0.3 is 210 Å². The van der Waals surface area contributed by atoms with Crippen molar-refractivity contribution in [2.24, 2.45) is 21.8 Å². The van der Waals surface area contributed by atoms with Crippen molar-refractivity contribution in [3.8, 4) is 0 Å². The zero-order chi connectivity index (χ0) is 31.1. The molecular weight excluding hydrogens is 573 g/mol. The van der Waals surface area contributed by atoms with Crippen LogP contribution in [-0.4, -0.2) is 73.2 Å². The van der Waals surface area contributed by atoms with Crippen LogP contribution in [0.5, 0.6) is 0 Å². The summed E-state index contributed by atoms with van der Waals surface area (Å²) in [7, 11) is 2.69. The number of alkyl halides is 1. The van der Waals surface area contributed by atoms with Crippen molar-refractivity contribution >= 4 is 42.2 Å². The normalized spacial score (nSPS) is 19.1. The van der Waals surface area contributed by atoms with Crippen LogP contribution >= 0.6 is 23.4 Å². The number of aliphatic imine (C=N–C) groups is 2. The van der Waals surface area contributed by atoms with Crippen LogP contribution < -0.4 is 0 Å². The average molecular weight is 617 g/mol. The fraction of sp³-hybridized carbons (Fsp3) is 0.500. The number of fused-ring (bicyclic) bond motifs is 1. The van der Waals surface area contributed by atoms with Gasteiger partial charge in [-0.05, 0) is 18.2 Å². The molecule has 0 saturated carbocycles. The minimum Gasteiger partial charge on any atom is -0.207 e. The molecule has 1 aromatic carbocycles. The Bertz CT molecular complexity index is 1170. The van der Waals surface area contributed by atoms with Gasteiger partial charge in [0.1, 0.15) is 5.82 Å². The Balaban J connectivity index is 0.000000661. The maximum Gasteiger partial charge on any atom is 0.124 e. The summed E-state index contributed by atoms with van der Waals surface area (Å²) in [6.45, 7) is 14.5. The number of halogens is 3. The van der Waals surface area contributed by atoms with Gasteiger partial charge in [0.2, 0.25) is 0 Å². The van der Waals surface area contributed by atoms with Crippen molar-refractivity contribution in [3.05, 3.63) is 82.7 Å². The van der Waals surface area contributed by atoms with E-state index in [2.05, 4.69) is 41.8 Å². The van der Waals surface area contributed by atoms with E-state index in [4.69, 9.17) is 16.6 Å². The van der Waals surface area contributed by atoms with Gasteiger partial charge in [-0.2, -0.15) is 0 Å². The third kappa shape index (κ3) is 11.0. The number of allylic oxidation sites excluding steroid dienone is 4. The first-order valence-corrected chi connectivity index (χ1v) is 15.8. The fourth-order valence-corrected chi connectivity index (χ4v) is 6.18. The summed E-state index contributed by atoms with van der Waals surface area (Å²) < 4.78 is 37.0. The van der Waals surface area contributed by atoms with Crippen LogP contribution in [0.2, 0.25) is 5.02 Å². The molecule has 2 aliphatic heterocycles. The average Bonchev–Trinajstić information content (AvgIpc) is 3.39. The van der Waals surface area contributed by atoms with Gasteiger partial charge < -0.3 is 0 Å².